The zero-order valence-corrected chi connectivity index (χ0v) is 9.31. The number of nitrogens with one attached hydrogen (secondary N) is 1. The maximum atomic E-state index is 11.1. The van der Waals surface area contributed by atoms with Crippen LogP contribution < -0.4 is 5.32 Å². The van der Waals surface area contributed by atoms with E-state index in [4.69, 9.17) is 0 Å². The van der Waals surface area contributed by atoms with Crippen LogP contribution in [0.4, 0.5) is 5.69 Å². The number of aryl methyl sites for hydroxylation is 1. The number of hydrogen-bond acceptors (Lipinski definition) is 1. The summed E-state index contributed by atoms with van der Waals surface area (Å²) in [7, 11) is 0. The number of halogens is 1. The highest BCUT2D eigenvalue weighted by Gasteiger charge is 2.02. The molecule has 0 fully saturated rings. The van der Waals surface area contributed by atoms with Crippen LogP contribution in [0.1, 0.15) is 18.9 Å². The third-order valence-electron chi connectivity index (χ3n) is 1.72. The van der Waals surface area contributed by atoms with Crippen LogP contribution in [0.5, 0.6) is 0 Å². The Morgan fingerprint density at radius 2 is 2.23 bits per heavy atom. The summed E-state index contributed by atoms with van der Waals surface area (Å²) in [5.74, 6) is 0.0320. The van der Waals surface area contributed by atoms with Gasteiger partial charge in [-0.15, -0.1) is 0 Å². The van der Waals surface area contributed by atoms with Crippen molar-refractivity contribution in [3.63, 3.8) is 0 Å². The fourth-order valence-corrected chi connectivity index (χ4v) is 1.55. The molecular weight excluding hydrogens is 230 g/mol. The molecule has 3 heteroatoms. The standard InChI is InChI=1S/C10H12BrNO/c1-3-10(13)12-9-5-4-7(2)6-8(9)11/h4-6H,3H2,1-2H3,(H,12,13). The van der Waals surface area contributed by atoms with E-state index in [1.807, 2.05) is 32.0 Å². The normalized spacial score (nSPS) is 9.77. The van der Waals surface area contributed by atoms with E-state index >= 15 is 0 Å². The number of anilines is 1. The van der Waals surface area contributed by atoms with Gasteiger partial charge >= 0.3 is 0 Å². The first-order chi connectivity index (χ1) is 6.13. The van der Waals surface area contributed by atoms with Crippen molar-refractivity contribution in [2.45, 2.75) is 20.3 Å². The Hall–Kier alpha value is -0.830. The molecule has 0 aliphatic carbocycles. The smallest absolute Gasteiger partial charge is 0.224 e. The van der Waals surface area contributed by atoms with E-state index in [0.29, 0.717) is 6.42 Å². The predicted octanol–water partition coefficient (Wildman–Crippen LogP) is 3.11. The molecule has 1 N–H and O–H groups in total. The van der Waals surface area contributed by atoms with Crippen molar-refractivity contribution >= 4 is 27.5 Å². The third-order valence-corrected chi connectivity index (χ3v) is 2.38. The average Bonchev–Trinajstić information content (AvgIpc) is 2.09. The Labute approximate surface area is 86.5 Å². The van der Waals surface area contributed by atoms with Crippen LogP contribution >= 0.6 is 15.9 Å². The number of carbonyl (C=O) groups excluding carboxylic acids is 1. The van der Waals surface area contributed by atoms with E-state index in [2.05, 4.69) is 21.2 Å². The molecule has 0 bridgehead atoms. The molecule has 0 unspecified atom stereocenters. The first kappa shape index (κ1) is 10.3. The van der Waals surface area contributed by atoms with E-state index in [1.165, 1.54) is 5.56 Å². The van der Waals surface area contributed by atoms with Crippen molar-refractivity contribution in [3.05, 3.63) is 28.2 Å². The predicted molar refractivity (Wildman–Crippen MR) is 57.8 cm³/mol. The van der Waals surface area contributed by atoms with Crippen LogP contribution in [0.25, 0.3) is 0 Å². The van der Waals surface area contributed by atoms with Crippen LogP contribution in [0.2, 0.25) is 0 Å². The van der Waals surface area contributed by atoms with Crippen molar-refractivity contribution in [2.75, 3.05) is 5.32 Å². The van der Waals surface area contributed by atoms with Gasteiger partial charge in [-0.2, -0.15) is 0 Å². The lowest BCUT2D eigenvalue weighted by Crippen LogP contribution is -2.09. The summed E-state index contributed by atoms with van der Waals surface area (Å²) < 4.78 is 0.925. The minimum atomic E-state index is 0.0320. The minimum absolute atomic E-state index is 0.0320. The lowest BCUT2D eigenvalue weighted by Gasteiger charge is -2.06. The lowest BCUT2D eigenvalue weighted by atomic mass is 10.2. The third kappa shape index (κ3) is 2.84. The van der Waals surface area contributed by atoms with E-state index < -0.39 is 0 Å². The molecule has 0 saturated carbocycles. The highest BCUT2D eigenvalue weighted by molar-refractivity contribution is 9.10. The maximum Gasteiger partial charge on any atom is 0.224 e. The van der Waals surface area contributed by atoms with Gasteiger partial charge in [0, 0.05) is 10.9 Å². The van der Waals surface area contributed by atoms with E-state index in [-0.39, 0.29) is 5.91 Å². The molecule has 0 aromatic heterocycles. The molecule has 13 heavy (non-hydrogen) atoms. The largest absolute Gasteiger partial charge is 0.325 e. The van der Waals surface area contributed by atoms with Crippen molar-refractivity contribution in [1.82, 2.24) is 0 Å². The van der Waals surface area contributed by atoms with Crippen LogP contribution in [0.3, 0.4) is 0 Å². The zero-order valence-electron chi connectivity index (χ0n) is 7.73. The minimum Gasteiger partial charge on any atom is -0.325 e. The molecule has 2 nitrogen and oxygen atoms in total. The van der Waals surface area contributed by atoms with Gasteiger partial charge in [-0.05, 0) is 40.5 Å². The molecule has 70 valence electrons. The zero-order chi connectivity index (χ0) is 9.84. The van der Waals surface area contributed by atoms with E-state index in [0.717, 1.165) is 10.2 Å². The van der Waals surface area contributed by atoms with Crippen molar-refractivity contribution < 1.29 is 4.79 Å². The van der Waals surface area contributed by atoms with Gasteiger partial charge in [-0.25, -0.2) is 0 Å². The lowest BCUT2D eigenvalue weighted by molar-refractivity contribution is -0.115. The van der Waals surface area contributed by atoms with Gasteiger partial charge < -0.3 is 5.32 Å². The monoisotopic (exact) mass is 241 g/mol. The van der Waals surface area contributed by atoms with Gasteiger partial charge in [-0.3, -0.25) is 4.79 Å². The molecule has 0 atom stereocenters. The summed E-state index contributed by atoms with van der Waals surface area (Å²) in [6.45, 7) is 3.84. The fraction of sp³-hybridized carbons (Fsp3) is 0.300. The summed E-state index contributed by atoms with van der Waals surface area (Å²) in [5.41, 5.74) is 2.00. The van der Waals surface area contributed by atoms with Crippen LogP contribution in [-0.4, -0.2) is 5.91 Å². The molecule has 0 aliphatic heterocycles. The van der Waals surface area contributed by atoms with Crippen LogP contribution in [-0.2, 0) is 4.79 Å². The van der Waals surface area contributed by atoms with Gasteiger partial charge in [-0.1, -0.05) is 13.0 Å². The van der Waals surface area contributed by atoms with Crippen LogP contribution in [0.15, 0.2) is 22.7 Å². The molecule has 1 amide bonds. The number of hydrogen-bond donors (Lipinski definition) is 1. The second-order valence-electron chi connectivity index (χ2n) is 2.89. The summed E-state index contributed by atoms with van der Waals surface area (Å²) in [6.07, 6.45) is 0.500. The van der Waals surface area contributed by atoms with Gasteiger partial charge in [0.05, 0.1) is 5.69 Å². The maximum absolute atomic E-state index is 11.1. The average molecular weight is 242 g/mol. The summed E-state index contributed by atoms with van der Waals surface area (Å²) in [5, 5.41) is 2.80. The molecule has 0 radical (unpaired) electrons. The molecule has 0 saturated heterocycles. The Morgan fingerprint density at radius 1 is 1.54 bits per heavy atom. The number of rotatable bonds is 2. The summed E-state index contributed by atoms with van der Waals surface area (Å²) >= 11 is 3.39. The molecule has 1 aromatic rings. The van der Waals surface area contributed by atoms with E-state index in [1.54, 1.807) is 0 Å². The summed E-state index contributed by atoms with van der Waals surface area (Å²) in [4.78, 5) is 11.1. The van der Waals surface area contributed by atoms with Gasteiger partial charge in [0.25, 0.3) is 0 Å². The highest BCUT2D eigenvalue weighted by atomic mass is 79.9. The molecule has 1 rings (SSSR count). The van der Waals surface area contributed by atoms with E-state index in [9.17, 15) is 4.79 Å². The summed E-state index contributed by atoms with van der Waals surface area (Å²) in [6, 6.07) is 5.84. The van der Waals surface area contributed by atoms with Crippen molar-refractivity contribution in [1.29, 1.82) is 0 Å². The first-order valence-electron chi connectivity index (χ1n) is 4.19. The fourth-order valence-electron chi connectivity index (χ4n) is 0.960. The number of carbonyl (C=O) groups is 1. The topological polar surface area (TPSA) is 29.1 Å². The molecule has 0 aliphatic rings. The molecule has 1 aromatic carbocycles. The second kappa shape index (κ2) is 4.42. The second-order valence-corrected chi connectivity index (χ2v) is 3.74. The van der Waals surface area contributed by atoms with Crippen molar-refractivity contribution in [2.24, 2.45) is 0 Å². The SMILES string of the molecule is CCC(=O)Nc1ccc(C)cc1Br. The Bertz CT molecular complexity index is 323. The molecular formula is C10H12BrNO. The number of benzene rings is 1. The van der Waals surface area contributed by atoms with Gasteiger partial charge in [0.2, 0.25) is 5.91 Å². The highest BCUT2D eigenvalue weighted by Crippen LogP contribution is 2.23. The quantitative estimate of drug-likeness (QED) is 0.848. The van der Waals surface area contributed by atoms with Gasteiger partial charge in [0.1, 0.15) is 0 Å². The first-order valence-corrected chi connectivity index (χ1v) is 4.98. The van der Waals surface area contributed by atoms with Crippen LogP contribution in [0, 0.1) is 6.92 Å². The Kier molecular flexibility index (Phi) is 3.48. The Morgan fingerprint density at radius 3 is 2.77 bits per heavy atom. The Balaban J connectivity index is 2.83. The van der Waals surface area contributed by atoms with Crippen molar-refractivity contribution in [3.8, 4) is 0 Å². The number of amides is 1. The molecule has 0 spiro atoms. The van der Waals surface area contributed by atoms with Gasteiger partial charge in [0.15, 0.2) is 0 Å². The molecule has 0 heterocycles.